The molecule has 1 aromatic carbocycles. The summed E-state index contributed by atoms with van der Waals surface area (Å²) in [4.78, 5) is 34.9. The Kier molecular flexibility index (Phi) is 14.0. The zero-order valence-electron chi connectivity index (χ0n) is 26.6. The molecule has 2 amide bonds. The van der Waals surface area contributed by atoms with E-state index in [1.165, 1.54) is 17.1 Å². The van der Waals surface area contributed by atoms with E-state index in [4.69, 9.17) is 4.74 Å². The smallest absolute Gasteiger partial charge is 0.280 e. The number of rotatable bonds is 17. The van der Waals surface area contributed by atoms with Crippen molar-refractivity contribution in [2.24, 2.45) is 5.92 Å². The van der Waals surface area contributed by atoms with Crippen LogP contribution in [0.2, 0.25) is 0 Å². The van der Waals surface area contributed by atoms with Gasteiger partial charge in [-0.25, -0.2) is 4.98 Å². The lowest BCUT2D eigenvalue weighted by Gasteiger charge is -2.32. The van der Waals surface area contributed by atoms with Gasteiger partial charge in [0.15, 0.2) is 0 Å². The Balaban J connectivity index is 1.55. The number of H-pyrrole nitrogens is 1. The SMILES string of the molecule is CCC(O)CC(O)C(CC1CCCCC1)NC(=O)[C@H](Cc1c[nH]cn1)NC(=O)[C@H](Cc1ccccc1)NS(=O)(=O)N1CCOCC1. The molecule has 2 fully saturated rings. The van der Waals surface area contributed by atoms with E-state index < -0.39 is 52.4 Å². The van der Waals surface area contributed by atoms with E-state index in [0.717, 1.165) is 31.2 Å². The molecular weight excluding hydrogens is 612 g/mol. The predicted molar refractivity (Wildman–Crippen MR) is 173 cm³/mol. The highest BCUT2D eigenvalue weighted by atomic mass is 32.2. The molecule has 1 aliphatic carbocycles. The molecule has 0 bridgehead atoms. The van der Waals surface area contributed by atoms with Gasteiger partial charge in [-0.05, 0) is 30.7 Å². The number of hydrogen-bond donors (Lipinski definition) is 6. The number of benzene rings is 1. The Hall–Kier alpha value is -2.88. The molecule has 4 rings (SSSR count). The van der Waals surface area contributed by atoms with Crippen LogP contribution in [0.4, 0.5) is 0 Å². The first-order chi connectivity index (χ1) is 22.1. The summed E-state index contributed by atoms with van der Waals surface area (Å²) < 4.78 is 35.8. The third-order valence-corrected chi connectivity index (χ3v) is 10.5. The highest BCUT2D eigenvalue weighted by Crippen LogP contribution is 2.28. The van der Waals surface area contributed by atoms with Gasteiger partial charge >= 0.3 is 0 Å². The lowest BCUT2D eigenvalue weighted by atomic mass is 9.83. The molecule has 1 aliphatic heterocycles. The lowest BCUT2D eigenvalue weighted by Crippen LogP contribution is -2.59. The van der Waals surface area contributed by atoms with Crippen LogP contribution in [-0.2, 0) is 37.4 Å². The van der Waals surface area contributed by atoms with E-state index >= 15 is 0 Å². The van der Waals surface area contributed by atoms with E-state index in [0.29, 0.717) is 24.5 Å². The molecule has 2 aromatic rings. The van der Waals surface area contributed by atoms with Gasteiger partial charge in [-0.2, -0.15) is 17.4 Å². The number of carbonyl (C=O) groups is 2. The molecule has 46 heavy (non-hydrogen) atoms. The maximum Gasteiger partial charge on any atom is 0.280 e. The average molecular weight is 663 g/mol. The standard InChI is InChI=1S/C32H50N6O7S/c1-2-26(39)20-30(40)27(17-23-9-5-3-6-10-23)35-31(41)28(19-25-21-33-22-34-25)36-32(42)29(18-24-11-7-4-8-12-24)37-46(43,44)38-13-15-45-16-14-38/h4,7-8,11-12,21-23,26-30,37,39-40H,2-3,5-6,9-10,13-20H2,1H3,(H,33,34)(H,35,41)(H,36,42)/t26?,27?,28-,29-,30?/m0/s1. The number of nitrogens with zero attached hydrogens (tertiary/aromatic N) is 2. The molecule has 0 spiro atoms. The minimum absolute atomic E-state index is 0.0408. The van der Waals surface area contributed by atoms with Gasteiger partial charge in [0.25, 0.3) is 10.2 Å². The van der Waals surface area contributed by atoms with Crippen molar-refractivity contribution in [3.63, 3.8) is 0 Å². The lowest BCUT2D eigenvalue weighted by molar-refractivity contribution is -0.130. The van der Waals surface area contributed by atoms with Crippen LogP contribution in [-0.4, -0.2) is 101 Å². The minimum Gasteiger partial charge on any atom is -0.393 e. The molecule has 1 aromatic heterocycles. The zero-order chi connectivity index (χ0) is 32.9. The van der Waals surface area contributed by atoms with Crippen LogP contribution < -0.4 is 15.4 Å². The number of aliphatic hydroxyl groups is 2. The molecule has 2 aliphatic rings. The highest BCUT2D eigenvalue weighted by Gasteiger charge is 2.34. The number of aliphatic hydroxyl groups excluding tert-OH is 2. The van der Waals surface area contributed by atoms with Gasteiger partial charge in [0, 0.05) is 32.1 Å². The molecule has 3 unspecified atom stereocenters. The fraction of sp³-hybridized carbons (Fsp3) is 0.656. The van der Waals surface area contributed by atoms with Crippen molar-refractivity contribution in [1.82, 2.24) is 29.6 Å². The molecule has 6 N–H and O–H groups in total. The minimum atomic E-state index is -4.05. The second-order valence-electron chi connectivity index (χ2n) is 12.4. The maximum atomic E-state index is 13.9. The van der Waals surface area contributed by atoms with Crippen LogP contribution in [0.3, 0.4) is 0 Å². The van der Waals surface area contributed by atoms with Gasteiger partial charge < -0.3 is 30.6 Å². The molecule has 13 nitrogen and oxygen atoms in total. The van der Waals surface area contributed by atoms with Crippen molar-refractivity contribution < 1.29 is 33.0 Å². The summed E-state index contributed by atoms with van der Waals surface area (Å²) in [6.45, 7) is 2.67. The van der Waals surface area contributed by atoms with Crippen LogP contribution in [0.5, 0.6) is 0 Å². The van der Waals surface area contributed by atoms with Crippen molar-refractivity contribution in [2.75, 3.05) is 26.3 Å². The number of ether oxygens (including phenoxy) is 1. The van der Waals surface area contributed by atoms with Crippen LogP contribution in [0, 0.1) is 5.92 Å². The molecule has 2 heterocycles. The first kappa shape index (κ1) is 36.0. The van der Waals surface area contributed by atoms with E-state index in [9.17, 15) is 28.2 Å². The topological polar surface area (TPSA) is 186 Å². The first-order valence-electron chi connectivity index (χ1n) is 16.5. The number of carbonyl (C=O) groups excluding carboxylic acids is 2. The molecular formula is C32H50N6O7S. The van der Waals surface area contributed by atoms with Gasteiger partial charge in [-0.3, -0.25) is 9.59 Å². The van der Waals surface area contributed by atoms with Crippen molar-refractivity contribution in [3.8, 4) is 0 Å². The summed E-state index contributed by atoms with van der Waals surface area (Å²) in [6.07, 6.45) is 8.04. The van der Waals surface area contributed by atoms with Crippen molar-refractivity contribution in [3.05, 3.63) is 54.1 Å². The van der Waals surface area contributed by atoms with Gasteiger partial charge in [0.2, 0.25) is 11.8 Å². The van der Waals surface area contributed by atoms with Crippen molar-refractivity contribution in [2.45, 2.75) is 101 Å². The number of hydrogen-bond acceptors (Lipinski definition) is 8. The van der Waals surface area contributed by atoms with Crippen molar-refractivity contribution in [1.29, 1.82) is 0 Å². The number of morpholine rings is 1. The van der Waals surface area contributed by atoms with Gasteiger partial charge in [0.1, 0.15) is 12.1 Å². The Morgan fingerprint density at radius 2 is 1.72 bits per heavy atom. The summed E-state index contributed by atoms with van der Waals surface area (Å²) in [7, 11) is -4.05. The predicted octanol–water partition coefficient (Wildman–Crippen LogP) is 1.19. The fourth-order valence-electron chi connectivity index (χ4n) is 6.16. The highest BCUT2D eigenvalue weighted by molar-refractivity contribution is 7.87. The quantitative estimate of drug-likeness (QED) is 0.146. The number of nitrogens with one attached hydrogen (secondary N) is 4. The number of aromatic nitrogens is 2. The van der Waals surface area contributed by atoms with E-state index in [-0.39, 0.29) is 45.6 Å². The van der Waals surface area contributed by atoms with Gasteiger partial charge in [0.05, 0.1) is 43.5 Å². The molecule has 0 radical (unpaired) electrons. The van der Waals surface area contributed by atoms with Crippen LogP contribution >= 0.6 is 0 Å². The normalized spacial score (nSPS) is 19.9. The summed E-state index contributed by atoms with van der Waals surface area (Å²) in [5, 5.41) is 27.2. The third-order valence-electron chi connectivity index (χ3n) is 8.89. The van der Waals surface area contributed by atoms with Crippen LogP contribution in [0.1, 0.15) is 69.5 Å². The second kappa shape index (κ2) is 17.9. The van der Waals surface area contributed by atoms with Crippen LogP contribution in [0.25, 0.3) is 0 Å². The molecule has 1 saturated carbocycles. The van der Waals surface area contributed by atoms with E-state index in [1.54, 1.807) is 18.3 Å². The largest absolute Gasteiger partial charge is 0.393 e. The molecule has 1 saturated heterocycles. The summed E-state index contributed by atoms with van der Waals surface area (Å²) in [5.41, 5.74) is 1.27. The Bertz CT molecular complexity index is 1300. The Morgan fingerprint density at radius 1 is 1.02 bits per heavy atom. The monoisotopic (exact) mass is 662 g/mol. The number of imidazole rings is 1. The average Bonchev–Trinajstić information content (AvgIpc) is 3.58. The van der Waals surface area contributed by atoms with E-state index in [1.807, 2.05) is 25.1 Å². The Morgan fingerprint density at radius 3 is 2.37 bits per heavy atom. The van der Waals surface area contributed by atoms with Crippen LogP contribution in [0.15, 0.2) is 42.9 Å². The molecule has 14 heteroatoms. The Labute approximate surface area is 272 Å². The number of amides is 2. The molecule has 256 valence electrons. The van der Waals surface area contributed by atoms with Gasteiger partial charge in [-0.1, -0.05) is 69.4 Å². The van der Waals surface area contributed by atoms with E-state index in [2.05, 4.69) is 25.3 Å². The summed E-state index contributed by atoms with van der Waals surface area (Å²) in [6, 6.07) is 6.10. The fourth-order valence-corrected chi connectivity index (χ4v) is 7.49. The summed E-state index contributed by atoms with van der Waals surface area (Å²) in [5.74, 6) is -0.851. The first-order valence-corrected chi connectivity index (χ1v) is 17.9. The zero-order valence-corrected chi connectivity index (χ0v) is 27.5. The number of aromatic amines is 1. The molecule has 5 atom stereocenters. The van der Waals surface area contributed by atoms with Crippen molar-refractivity contribution >= 4 is 22.0 Å². The van der Waals surface area contributed by atoms with Gasteiger partial charge in [-0.15, -0.1) is 0 Å². The summed E-state index contributed by atoms with van der Waals surface area (Å²) >= 11 is 0. The second-order valence-corrected chi connectivity index (χ2v) is 14.1. The maximum absolute atomic E-state index is 13.9. The third kappa shape index (κ3) is 11.1.